The van der Waals surface area contributed by atoms with Crippen LogP contribution in [0.4, 0.5) is 14.6 Å². The fraction of sp³-hybridized carbons (Fsp3) is 0.370. The molecule has 2 amide bonds. The minimum atomic E-state index is -0.551. The van der Waals surface area contributed by atoms with Crippen molar-refractivity contribution in [2.45, 2.75) is 31.4 Å². The second-order valence-corrected chi connectivity index (χ2v) is 10.9. The zero-order valence-corrected chi connectivity index (χ0v) is 22.1. The van der Waals surface area contributed by atoms with Crippen molar-refractivity contribution in [3.05, 3.63) is 77.0 Å². The molecule has 1 unspecified atom stereocenters. The monoisotopic (exact) mass is 528 g/mol. The molecule has 1 atom stereocenters. The van der Waals surface area contributed by atoms with E-state index in [-0.39, 0.29) is 24.1 Å². The minimum absolute atomic E-state index is 0.0338. The van der Waals surface area contributed by atoms with E-state index in [1.807, 2.05) is 20.8 Å². The van der Waals surface area contributed by atoms with Gasteiger partial charge in [-0.3, -0.25) is 14.5 Å². The molecule has 0 saturated carbocycles. The Morgan fingerprint density at radius 2 is 1.86 bits per heavy atom. The van der Waals surface area contributed by atoms with Crippen LogP contribution in [0.25, 0.3) is 5.69 Å². The van der Waals surface area contributed by atoms with Crippen molar-refractivity contribution < 1.29 is 23.1 Å². The molecule has 0 aliphatic carbocycles. The lowest BCUT2D eigenvalue weighted by atomic mass is 9.87. The van der Waals surface area contributed by atoms with E-state index < -0.39 is 22.3 Å². The number of rotatable bonds is 7. The number of ether oxygens (including phenoxy) is 1. The van der Waals surface area contributed by atoms with Gasteiger partial charge in [-0.1, -0.05) is 39.0 Å². The zero-order valence-electron chi connectivity index (χ0n) is 21.3. The van der Waals surface area contributed by atoms with Gasteiger partial charge in [-0.2, -0.15) is 5.10 Å². The smallest absolute Gasteiger partial charge is 0.240 e. The van der Waals surface area contributed by atoms with Crippen molar-refractivity contribution in [2.75, 3.05) is 37.5 Å². The Labute approximate surface area is 219 Å². The topological polar surface area (TPSA) is 76.5 Å². The van der Waals surface area contributed by atoms with Crippen molar-refractivity contribution in [1.29, 1.82) is 0 Å². The lowest BCUT2D eigenvalue weighted by Gasteiger charge is -2.24. The summed E-state index contributed by atoms with van der Waals surface area (Å²) in [7, 11) is 1.53. The number of nitrogens with one attached hydrogen (secondary N) is 1. The number of methoxy groups -OCH3 is 1. The Hall–Kier alpha value is -3.24. The fourth-order valence-electron chi connectivity index (χ4n) is 4.26. The van der Waals surface area contributed by atoms with E-state index in [1.54, 1.807) is 35.0 Å². The summed E-state index contributed by atoms with van der Waals surface area (Å²) >= 11 is 1.30. The molecule has 1 aliphatic rings. The molecule has 10 heteroatoms. The molecule has 196 valence electrons. The Morgan fingerprint density at radius 3 is 2.51 bits per heavy atom. The SMILES string of the molecule is COCCNC(=O)CN1C(=O)CSC(c2ccccc2F)c2c(C(C)(C)C)nn(-c3ccc(F)cc3)c21. The fourth-order valence-corrected chi connectivity index (χ4v) is 5.48. The van der Waals surface area contributed by atoms with Crippen molar-refractivity contribution in [2.24, 2.45) is 0 Å². The van der Waals surface area contributed by atoms with Gasteiger partial charge in [0.15, 0.2) is 0 Å². The van der Waals surface area contributed by atoms with Gasteiger partial charge in [-0.05, 0) is 30.3 Å². The molecule has 3 aromatic rings. The van der Waals surface area contributed by atoms with Crippen LogP contribution in [0, 0.1) is 11.6 Å². The summed E-state index contributed by atoms with van der Waals surface area (Å²) in [6, 6.07) is 12.2. The maximum atomic E-state index is 15.1. The number of carbonyl (C=O) groups is 2. The van der Waals surface area contributed by atoms with Gasteiger partial charge >= 0.3 is 0 Å². The molecule has 0 spiro atoms. The lowest BCUT2D eigenvalue weighted by Crippen LogP contribution is -2.43. The molecule has 7 nitrogen and oxygen atoms in total. The number of hydrogen-bond acceptors (Lipinski definition) is 5. The van der Waals surface area contributed by atoms with Gasteiger partial charge in [0.25, 0.3) is 0 Å². The van der Waals surface area contributed by atoms with Crippen LogP contribution in [0.5, 0.6) is 0 Å². The van der Waals surface area contributed by atoms with E-state index in [1.165, 1.54) is 42.0 Å². The van der Waals surface area contributed by atoms with Gasteiger partial charge in [0.2, 0.25) is 11.8 Å². The summed E-state index contributed by atoms with van der Waals surface area (Å²) in [6.45, 7) is 6.34. The summed E-state index contributed by atoms with van der Waals surface area (Å²) < 4.78 is 35.5. The maximum Gasteiger partial charge on any atom is 0.240 e. The number of carbonyl (C=O) groups excluding carboxylic acids is 2. The quantitative estimate of drug-likeness (QED) is 0.461. The number of benzene rings is 2. The normalized spacial score (nSPS) is 15.9. The van der Waals surface area contributed by atoms with Gasteiger partial charge in [-0.25, -0.2) is 13.5 Å². The first-order chi connectivity index (χ1) is 17.6. The number of halogens is 2. The molecule has 2 aromatic carbocycles. The molecule has 1 N–H and O–H groups in total. The molecular formula is C27H30F2N4O3S. The highest BCUT2D eigenvalue weighted by atomic mass is 32.2. The second kappa shape index (κ2) is 11.0. The Kier molecular flexibility index (Phi) is 7.99. The van der Waals surface area contributed by atoms with Gasteiger partial charge in [0, 0.05) is 30.2 Å². The van der Waals surface area contributed by atoms with Crippen molar-refractivity contribution in [3.63, 3.8) is 0 Å². The average molecular weight is 529 g/mol. The van der Waals surface area contributed by atoms with Crippen LogP contribution in [0.15, 0.2) is 48.5 Å². The minimum Gasteiger partial charge on any atom is -0.383 e. The Balaban J connectivity index is 1.96. The molecule has 1 aromatic heterocycles. The highest BCUT2D eigenvalue weighted by Crippen LogP contribution is 2.48. The molecule has 37 heavy (non-hydrogen) atoms. The molecule has 2 heterocycles. The van der Waals surface area contributed by atoms with E-state index in [9.17, 15) is 14.0 Å². The van der Waals surface area contributed by atoms with Crippen molar-refractivity contribution in [3.8, 4) is 5.69 Å². The number of hydrogen-bond donors (Lipinski definition) is 1. The molecular weight excluding hydrogens is 498 g/mol. The van der Waals surface area contributed by atoms with Gasteiger partial charge in [0.05, 0.1) is 29.0 Å². The van der Waals surface area contributed by atoms with Gasteiger partial charge in [0.1, 0.15) is 24.0 Å². The first-order valence-corrected chi connectivity index (χ1v) is 13.0. The van der Waals surface area contributed by atoms with Crippen LogP contribution >= 0.6 is 11.8 Å². The molecule has 4 rings (SSSR count). The highest BCUT2D eigenvalue weighted by molar-refractivity contribution is 8.00. The van der Waals surface area contributed by atoms with Crippen LogP contribution in [0.1, 0.15) is 42.8 Å². The summed E-state index contributed by atoms with van der Waals surface area (Å²) in [6.07, 6.45) is 0. The Bertz CT molecular complexity index is 1290. The van der Waals surface area contributed by atoms with Gasteiger partial charge in [-0.15, -0.1) is 11.8 Å². The predicted molar refractivity (Wildman–Crippen MR) is 140 cm³/mol. The van der Waals surface area contributed by atoms with Crippen molar-refractivity contribution >= 4 is 29.4 Å². The molecule has 0 saturated heterocycles. The van der Waals surface area contributed by atoms with Crippen LogP contribution in [-0.2, 0) is 19.7 Å². The number of aromatic nitrogens is 2. The number of thioether (sulfide) groups is 1. The third kappa shape index (κ3) is 5.70. The Morgan fingerprint density at radius 1 is 1.16 bits per heavy atom. The third-order valence-corrected chi connectivity index (χ3v) is 7.22. The van der Waals surface area contributed by atoms with E-state index in [2.05, 4.69) is 5.32 Å². The van der Waals surface area contributed by atoms with E-state index in [0.29, 0.717) is 41.5 Å². The molecule has 0 radical (unpaired) electrons. The van der Waals surface area contributed by atoms with E-state index in [4.69, 9.17) is 9.84 Å². The number of anilines is 1. The largest absolute Gasteiger partial charge is 0.383 e. The lowest BCUT2D eigenvalue weighted by molar-refractivity contribution is -0.123. The number of fused-ring (bicyclic) bond motifs is 1. The molecule has 0 bridgehead atoms. The van der Waals surface area contributed by atoms with Crippen molar-refractivity contribution in [1.82, 2.24) is 15.1 Å². The number of nitrogens with zero attached hydrogens (tertiary/aromatic N) is 3. The standard InChI is InChI=1S/C27H30F2N4O3S/c1-27(2,3)25-23-24(19-7-5-6-8-20(19)29)37-16-22(35)32(15-21(34)30-13-14-36-4)26(23)33(31-25)18-11-9-17(28)10-12-18/h5-12,24H,13-16H2,1-4H3,(H,30,34). The summed E-state index contributed by atoms with van der Waals surface area (Å²) in [4.78, 5) is 27.8. The number of amides is 2. The summed E-state index contributed by atoms with van der Waals surface area (Å²) in [5.74, 6) is -1.07. The van der Waals surface area contributed by atoms with Crippen LogP contribution in [-0.4, -0.2) is 54.2 Å². The van der Waals surface area contributed by atoms with Crippen LogP contribution in [0.2, 0.25) is 0 Å². The predicted octanol–water partition coefficient (Wildman–Crippen LogP) is 4.38. The highest BCUT2D eigenvalue weighted by Gasteiger charge is 2.40. The zero-order chi connectivity index (χ0) is 26.7. The second-order valence-electron chi connectivity index (χ2n) is 9.76. The molecule has 0 fully saturated rings. The first-order valence-electron chi connectivity index (χ1n) is 11.9. The summed E-state index contributed by atoms with van der Waals surface area (Å²) in [5, 5.41) is 7.09. The first kappa shape index (κ1) is 26.8. The third-order valence-electron chi connectivity index (χ3n) is 5.99. The summed E-state index contributed by atoms with van der Waals surface area (Å²) in [5.41, 5.74) is 1.77. The molecule has 1 aliphatic heterocycles. The maximum absolute atomic E-state index is 15.1. The van der Waals surface area contributed by atoms with E-state index in [0.717, 1.165) is 0 Å². The average Bonchev–Trinajstić information content (AvgIpc) is 3.19. The van der Waals surface area contributed by atoms with Crippen LogP contribution in [0.3, 0.4) is 0 Å². The van der Waals surface area contributed by atoms with E-state index >= 15 is 4.39 Å². The van der Waals surface area contributed by atoms with Gasteiger partial charge < -0.3 is 10.1 Å². The van der Waals surface area contributed by atoms with Crippen LogP contribution < -0.4 is 10.2 Å².